The zero-order chi connectivity index (χ0) is 33.5. The Bertz CT molecular complexity index is 1290. The number of nitrogens with one attached hydrogen (secondary N) is 3. The summed E-state index contributed by atoms with van der Waals surface area (Å²) in [6.45, 7) is 7.20. The minimum Gasteiger partial charge on any atom is -0.495 e. The molecule has 250 valence electrons. The van der Waals surface area contributed by atoms with Crippen LogP contribution in [0.3, 0.4) is 0 Å². The second kappa shape index (κ2) is 15.4. The van der Waals surface area contributed by atoms with E-state index >= 15 is 0 Å². The van der Waals surface area contributed by atoms with Gasteiger partial charge in [-0.2, -0.15) is 0 Å². The second-order valence-corrected chi connectivity index (χ2v) is 12.2. The molecule has 12 nitrogen and oxygen atoms in total. The number of aliphatic hydroxyl groups is 1. The van der Waals surface area contributed by atoms with Gasteiger partial charge >= 0.3 is 12.1 Å². The first-order valence-electron chi connectivity index (χ1n) is 14.9. The lowest BCUT2D eigenvalue weighted by atomic mass is 9.83. The summed E-state index contributed by atoms with van der Waals surface area (Å²) in [5.74, 6) is -0.673. The van der Waals surface area contributed by atoms with Gasteiger partial charge in [0, 0.05) is 26.5 Å². The number of amides is 2. The van der Waals surface area contributed by atoms with E-state index in [1.807, 2.05) is 32.1 Å². The molecule has 0 saturated carbocycles. The Balaban J connectivity index is 1.72. The lowest BCUT2D eigenvalue weighted by Crippen LogP contribution is -2.63. The van der Waals surface area contributed by atoms with E-state index in [0.29, 0.717) is 17.2 Å². The fourth-order valence-electron chi connectivity index (χ4n) is 5.49. The second-order valence-electron chi connectivity index (χ2n) is 11.8. The smallest absolute Gasteiger partial charge is 0.409 e. The third-order valence-corrected chi connectivity index (χ3v) is 8.78. The molecule has 0 spiro atoms. The monoisotopic (exact) mass is 651 g/mol. The molecule has 0 radical (unpaired) electrons. The molecule has 0 aromatic heterocycles. The number of alkyl carbamates (subject to hydrolysis) is 1. The third kappa shape index (κ3) is 8.98. The lowest BCUT2D eigenvalue weighted by molar-refractivity contribution is -0.155. The number of ether oxygens (including phenoxy) is 5. The van der Waals surface area contributed by atoms with Crippen LogP contribution < -0.4 is 20.7 Å². The Labute approximate surface area is 269 Å². The first-order chi connectivity index (χ1) is 21.2. The van der Waals surface area contributed by atoms with Gasteiger partial charge in [0.25, 0.3) is 0 Å². The molecule has 2 aliphatic rings. The number of hydrogen-bond donors (Lipinski definition) is 4. The van der Waals surface area contributed by atoms with Gasteiger partial charge < -0.3 is 39.4 Å². The molecule has 8 atom stereocenters. The van der Waals surface area contributed by atoms with Gasteiger partial charge in [-0.25, -0.2) is 4.79 Å². The Morgan fingerprint density at radius 3 is 2.60 bits per heavy atom. The standard InChI is InChI=1S/C32H46ClN3O9/c1-18(14-21-12-13-22(33)23(15-21)41-7)10-9-11-25(42-8)32(40)17-24(43-30(39)36-32)19(2)28-31(4,45-28)26(16-27(37)35-6)44-29(38)20(3)34-5/h9-13,15,19-20,24-26,28,34,40H,14,16-17H2,1-8H3,(H,35,37)(H,36,39)/b11-9+,18-10+/t19-,20+,24+,25-,26+,28+,31+,32+/m1/s1. The van der Waals surface area contributed by atoms with Crippen LogP contribution in [0.5, 0.6) is 5.75 Å². The summed E-state index contributed by atoms with van der Waals surface area (Å²) in [7, 11) is 6.13. The summed E-state index contributed by atoms with van der Waals surface area (Å²) in [6.07, 6.45) is 1.95. The number of benzene rings is 1. The first kappa shape index (κ1) is 36.3. The largest absolute Gasteiger partial charge is 0.495 e. The van der Waals surface area contributed by atoms with Crippen LogP contribution in [0.25, 0.3) is 0 Å². The van der Waals surface area contributed by atoms with Crippen molar-refractivity contribution in [1.82, 2.24) is 16.0 Å². The van der Waals surface area contributed by atoms with Crippen molar-refractivity contribution in [3.8, 4) is 5.75 Å². The number of cyclic esters (lactones) is 1. The van der Waals surface area contributed by atoms with Gasteiger partial charge in [0.2, 0.25) is 5.91 Å². The van der Waals surface area contributed by atoms with Crippen molar-refractivity contribution in [2.75, 3.05) is 28.3 Å². The third-order valence-electron chi connectivity index (χ3n) is 8.47. The Kier molecular flexibility index (Phi) is 12.4. The normalized spacial score (nSPS) is 27.5. The molecule has 2 saturated heterocycles. The van der Waals surface area contributed by atoms with Gasteiger partial charge in [-0.05, 0) is 51.9 Å². The number of rotatable bonds is 15. The molecule has 2 aliphatic heterocycles. The number of carbonyl (C=O) groups excluding carboxylic acids is 3. The number of methoxy groups -OCH3 is 2. The molecule has 13 heteroatoms. The van der Waals surface area contributed by atoms with Crippen molar-refractivity contribution in [1.29, 1.82) is 0 Å². The van der Waals surface area contributed by atoms with Crippen LogP contribution in [0.4, 0.5) is 4.79 Å². The highest BCUT2D eigenvalue weighted by molar-refractivity contribution is 6.32. The number of allylic oxidation sites excluding steroid dienone is 3. The molecule has 3 rings (SSSR count). The van der Waals surface area contributed by atoms with Gasteiger partial charge in [-0.3, -0.25) is 14.9 Å². The van der Waals surface area contributed by atoms with E-state index in [9.17, 15) is 19.5 Å². The van der Waals surface area contributed by atoms with Crippen LogP contribution in [-0.2, 0) is 35.0 Å². The molecule has 0 unspecified atom stereocenters. The maximum atomic E-state index is 12.7. The van der Waals surface area contributed by atoms with Crippen LogP contribution in [0.15, 0.2) is 42.0 Å². The number of halogens is 1. The van der Waals surface area contributed by atoms with Crippen LogP contribution in [-0.4, -0.2) is 93.2 Å². The highest BCUT2D eigenvalue weighted by Crippen LogP contribution is 2.48. The highest BCUT2D eigenvalue weighted by atomic mass is 35.5. The number of epoxide rings is 1. The zero-order valence-corrected chi connectivity index (χ0v) is 27.9. The van der Waals surface area contributed by atoms with Gasteiger partial charge in [0.1, 0.15) is 35.7 Å². The van der Waals surface area contributed by atoms with Gasteiger partial charge in [0.15, 0.2) is 5.72 Å². The van der Waals surface area contributed by atoms with Crippen molar-refractivity contribution in [2.24, 2.45) is 5.92 Å². The summed E-state index contributed by atoms with van der Waals surface area (Å²) < 4.78 is 28.2. The summed E-state index contributed by atoms with van der Waals surface area (Å²) in [4.78, 5) is 37.5. The van der Waals surface area contributed by atoms with E-state index in [0.717, 1.165) is 11.1 Å². The molecule has 0 aliphatic carbocycles. The van der Waals surface area contributed by atoms with Crippen molar-refractivity contribution < 1.29 is 43.2 Å². The predicted molar refractivity (Wildman–Crippen MR) is 168 cm³/mol. The van der Waals surface area contributed by atoms with Crippen LogP contribution in [0.1, 0.15) is 46.1 Å². The van der Waals surface area contributed by atoms with E-state index in [4.69, 9.17) is 35.3 Å². The maximum absolute atomic E-state index is 12.7. The molecular formula is C32H46ClN3O9. The quantitative estimate of drug-likeness (QED) is 0.126. The van der Waals surface area contributed by atoms with Gasteiger partial charge in [0.05, 0.1) is 24.7 Å². The topological polar surface area (TPSA) is 157 Å². The Morgan fingerprint density at radius 2 is 1.98 bits per heavy atom. The number of esters is 1. The predicted octanol–water partition coefficient (Wildman–Crippen LogP) is 3.05. The molecular weight excluding hydrogens is 606 g/mol. The van der Waals surface area contributed by atoms with E-state index < -0.39 is 59.8 Å². The summed E-state index contributed by atoms with van der Waals surface area (Å²) in [6, 6.07) is 5.00. The SMILES string of the molecule is CNC(=O)C[C@H](OC(=O)[C@H](C)NC)[C@]1(C)O[C@H]1[C@H](C)[C@@H]1C[C@](O)([C@@H](/C=C/C=C(\C)Cc2ccc(Cl)c(OC)c2)OC)NC(=O)O1. The van der Waals surface area contributed by atoms with Crippen LogP contribution in [0.2, 0.25) is 5.02 Å². The Morgan fingerprint density at radius 1 is 1.27 bits per heavy atom. The lowest BCUT2D eigenvalue weighted by Gasteiger charge is -2.42. The van der Waals surface area contributed by atoms with Crippen LogP contribution >= 0.6 is 11.6 Å². The van der Waals surface area contributed by atoms with Crippen molar-refractivity contribution >= 4 is 29.6 Å². The summed E-state index contributed by atoms with van der Waals surface area (Å²) in [5.41, 5.74) is -0.749. The Hall–Kier alpha value is -3.16. The van der Waals surface area contributed by atoms with Gasteiger partial charge in [-0.1, -0.05) is 48.4 Å². The van der Waals surface area contributed by atoms with E-state index in [2.05, 4.69) is 16.0 Å². The van der Waals surface area contributed by atoms with Crippen LogP contribution in [0, 0.1) is 5.92 Å². The van der Waals surface area contributed by atoms with Crippen molar-refractivity contribution in [3.05, 3.63) is 52.6 Å². The molecule has 2 heterocycles. The maximum Gasteiger partial charge on any atom is 0.409 e. The minimum absolute atomic E-state index is 0.0113. The fraction of sp³-hybridized carbons (Fsp3) is 0.594. The molecule has 45 heavy (non-hydrogen) atoms. The fourth-order valence-corrected chi connectivity index (χ4v) is 5.68. The number of carbonyl (C=O) groups is 3. The zero-order valence-electron chi connectivity index (χ0n) is 27.1. The van der Waals surface area contributed by atoms with E-state index in [-0.39, 0.29) is 18.7 Å². The minimum atomic E-state index is -1.79. The number of likely N-dealkylation sites (N-methyl/N-ethyl adjacent to an activating group) is 1. The van der Waals surface area contributed by atoms with Crippen molar-refractivity contribution in [3.63, 3.8) is 0 Å². The van der Waals surface area contributed by atoms with Crippen molar-refractivity contribution in [2.45, 2.75) is 88.7 Å². The molecule has 0 bridgehead atoms. The molecule has 4 N–H and O–H groups in total. The molecule has 2 fully saturated rings. The average Bonchev–Trinajstić information content (AvgIpc) is 3.70. The molecule has 2 amide bonds. The molecule has 1 aromatic carbocycles. The molecule has 1 aromatic rings. The van der Waals surface area contributed by atoms with Gasteiger partial charge in [-0.15, -0.1) is 0 Å². The average molecular weight is 652 g/mol. The van der Waals surface area contributed by atoms with E-state index in [1.165, 1.54) is 14.2 Å². The van der Waals surface area contributed by atoms with E-state index in [1.54, 1.807) is 46.2 Å². The highest BCUT2D eigenvalue weighted by Gasteiger charge is 2.64. The summed E-state index contributed by atoms with van der Waals surface area (Å²) >= 11 is 6.13. The number of hydrogen-bond acceptors (Lipinski definition) is 10. The first-order valence-corrected chi connectivity index (χ1v) is 15.3. The summed E-state index contributed by atoms with van der Waals surface area (Å²) in [5, 5.41) is 20.0.